The van der Waals surface area contributed by atoms with Gasteiger partial charge in [-0.1, -0.05) is 12.1 Å². The van der Waals surface area contributed by atoms with Crippen LogP contribution in [-0.2, 0) is 11.3 Å². The Morgan fingerprint density at radius 1 is 1.27 bits per heavy atom. The second-order valence-electron chi connectivity index (χ2n) is 5.89. The average molecular weight is 319 g/mol. The zero-order valence-electron chi connectivity index (χ0n) is 13.3. The van der Waals surface area contributed by atoms with Gasteiger partial charge in [-0.2, -0.15) is 0 Å². The Balaban J connectivity index is 2.03. The van der Waals surface area contributed by atoms with Crippen LogP contribution in [0.25, 0.3) is 0 Å². The topological polar surface area (TPSA) is 63.2 Å². The molecule has 0 aliphatic carbocycles. The molecule has 0 unspecified atom stereocenters. The number of aromatic nitrogens is 1. The third-order valence-electron chi connectivity index (χ3n) is 2.85. The minimum Gasteiger partial charge on any atom is -0.444 e. The number of thiazole rings is 1. The van der Waals surface area contributed by atoms with E-state index in [1.54, 1.807) is 11.3 Å². The summed E-state index contributed by atoms with van der Waals surface area (Å²) in [7, 11) is 0. The Morgan fingerprint density at radius 3 is 2.55 bits per heavy atom. The summed E-state index contributed by atoms with van der Waals surface area (Å²) in [6.07, 6.45) is -0.462. The van der Waals surface area contributed by atoms with Crippen LogP contribution in [0.2, 0.25) is 0 Å². The lowest BCUT2D eigenvalue weighted by Crippen LogP contribution is -2.27. The number of ether oxygens (including phenoxy) is 1. The standard InChI is InChI=1S/C16H21N3O2S/c1-11-14(22-10-18-11)9-17-12-7-5-6-8-13(12)19-15(20)21-16(2,3)4/h5-8,10,17H,9H2,1-4H3,(H,19,20). The van der Waals surface area contributed by atoms with Crippen LogP contribution >= 0.6 is 11.3 Å². The largest absolute Gasteiger partial charge is 0.444 e. The highest BCUT2D eigenvalue weighted by Gasteiger charge is 2.17. The summed E-state index contributed by atoms with van der Waals surface area (Å²) < 4.78 is 5.28. The number of hydrogen-bond donors (Lipinski definition) is 2. The number of amides is 1. The first-order chi connectivity index (χ1) is 10.3. The maximum absolute atomic E-state index is 11.9. The van der Waals surface area contributed by atoms with Crippen LogP contribution in [0.3, 0.4) is 0 Å². The second-order valence-corrected chi connectivity index (χ2v) is 6.83. The molecule has 0 saturated heterocycles. The maximum atomic E-state index is 11.9. The van der Waals surface area contributed by atoms with Crippen molar-refractivity contribution in [1.29, 1.82) is 0 Å². The highest BCUT2D eigenvalue weighted by atomic mass is 32.1. The first-order valence-electron chi connectivity index (χ1n) is 7.07. The first kappa shape index (κ1) is 16.3. The molecule has 1 amide bonds. The summed E-state index contributed by atoms with van der Waals surface area (Å²) in [5.74, 6) is 0. The third-order valence-corrected chi connectivity index (χ3v) is 3.78. The lowest BCUT2D eigenvalue weighted by atomic mass is 10.2. The van der Waals surface area contributed by atoms with Gasteiger partial charge < -0.3 is 10.1 Å². The molecule has 0 saturated carbocycles. The van der Waals surface area contributed by atoms with Crippen molar-refractivity contribution in [3.63, 3.8) is 0 Å². The second kappa shape index (κ2) is 6.79. The number of carbonyl (C=O) groups is 1. The molecule has 0 atom stereocenters. The van der Waals surface area contributed by atoms with Gasteiger partial charge in [-0.05, 0) is 39.8 Å². The third kappa shape index (κ3) is 4.73. The van der Waals surface area contributed by atoms with Gasteiger partial charge in [-0.25, -0.2) is 9.78 Å². The smallest absolute Gasteiger partial charge is 0.412 e. The van der Waals surface area contributed by atoms with Crippen LogP contribution in [0.4, 0.5) is 16.2 Å². The van der Waals surface area contributed by atoms with Gasteiger partial charge in [0.25, 0.3) is 0 Å². The number of para-hydroxylation sites is 2. The van der Waals surface area contributed by atoms with E-state index >= 15 is 0 Å². The van der Waals surface area contributed by atoms with Crippen molar-refractivity contribution in [2.75, 3.05) is 10.6 Å². The van der Waals surface area contributed by atoms with Crippen LogP contribution in [0.5, 0.6) is 0 Å². The Kier molecular flexibility index (Phi) is 5.03. The summed E-state index contributed by atoms with van der Waals surface area (Å²) in [5.41, 5.74) is 3.87. The molecule has 0 aliphatic rings. The minimum absolute atomic E-state index is 0.462. The fourth-order valence-electron chi connectivity index (χ4n) is 1.83. The molecule has 1 heterocycles. The van der Waals surface area contributed by atoms with E-state index in [9.17, 15) is 4.79 Å². The number of anilines is 2. The average Bonchev–Trinajstić information content (AvgIpc) is 2.81. The Bertz CT molecular complexity index is 647. The zero-order valence-corrected chi connectivity index (χ0v) is 14.1. The number of aryl methyl sites for hydroxylation is 1. The van der Waals surface area contributed by atoms with E-state index in [0.29, 0.717) is 12.2 Å². The lowest BCUT2D eigenvalue weighted by molar-refractivity contribution is 0.0636. The van der Waals surface area contributed by atoms with Crippen molar-refractivity contribution in [2.45, 2.75) is 39.8 Å². The van der Waals surface area contributed by atoms with Crippen molar-refractivity contribution >= 4 is 28.8 Å². The van der Waals surface area contributed by atoms with E-state index in [2.05, 4.69) is 15.6 Å². The zero-order chi connectivity index (χ0) is 16.2. The molecule has 0 spiro atoms. The van der Waals surface area contributed by atoms with Gasteiger partial charge in [-0.3, -0.25) is 5.32 Å². The number of nitrogens with one attached hydrogen (secondary N) is 2. The first-order valence-corrected chi connectivity index (χ1v) is 7.95. The molecule has 0 fully saturated rings. The summed E-state index contributed by atoms with van der Waals surface area (Å²) in [5, 5.41) is 6.10. The summed E-state index contributed by atoms with van der Waals surface area (Å²) >= 11 is 1.61. The summed E-state index contributed by atoms with van der Waals surface area (Å²) in [6, 6.07) is 7.55. The SMILES string of the molecule is Cc1ncsc1CNc1ccccc1NC(=O)OC(C)(C)C. The number of rotatable bonds is 4. The van der Waals surface area contributed by atoms with E-state index in [0.717, 1.165) is 11.4 Å². The van der Waals surface area contributed by atoms with Gasteiger partial charge >= 0.3 is 6.09 Å². The molecule has 6 heteroatoms. The molecule has 1 aromatic heterocycles. The predicted octanol–water partition coefficient (Wildman–Crippen LogP) is 4.41. The monoisotopic (exact) mass is 319 g/mol. The van der Waals surface area contributed by atoms with Crippen molar-refractivity contribution in [1.82, 2.24) is 4.98 Å². The molecule has 0 radical (unpaired) electrons. The van der Waals surface area contributed by atoms with E-state index in [1.165, 1.54) is 4.88 Å². The van der Waals surface area contributed by atoms with E-state index in [4.69, 9.17) is 4.74 Å². The lowest BCUT2D eigenvalue weighted by Gasteiger charge is -2.20. The molecule has 118 valence electrons. The van der Waals surface area contributed by atoms with E-state index in [1.807, 2.05) is 57.5 Å². The molecular formula is C16H21N3O2S. The number of benzene rings is 1. The fraction of sp³-hybridized carbons (Fsp3) is 0.375. The van der Waals surface area contributed by atoms with E-state index in [-0.39, 0.29) is 0 Å². The van der Waals surface area contributed by atoms with Crippen LogP contribution in [0, 0.1) is 6.92 Å². The number of nitrogens with zero attached hydrogens (tertiary/aromatic N) is 1. The van der Waals surface area contributed by atoms with Gasteiger partial charge in [0.15, 0.2) is 0 Å². The Hall–Kier alpha value is -2.08. The molecule has 22 heavy (non-hydrogen) atoms. The van der Waals surface area contributed by atoms with Gasteiger partial charge in [0.05, 0.1) is 29.1 Å². The fourth-order valence-corrected chi connectivity index (χ4v) is 2.55. The van der Waals surface area contributed by atoms with Crippen LogP contribution in [0.1, 0.15) is 31.3 Å². The molecule has 0 aliphatic heterocycles. The van der Waals surface area contributed by atoms with Gasteiger partial charge in [0.2, 0.25) is 0 Å². The van der Waals surface area contributed by atoms with Crippen LogP contribution < -0.4 is 10.6 Å². The number of hydrogen-bond acceptors (Lipinski definition) is 5. The summed E-state index contributed by atoms with van der Waals surface area (Å²) in [4.78, 5) is 17.3. The quantitative estimate of drug-likeness (QED) is 0.876. The van der Waals surface area contributed by atoms with E-state index < -0.39 is 11.7 Å². The van der Waals surface area contributed by atoms with Crippen LogP contribution in [-0.4, -0.2) is 16.7 Å². The molecule has 2 rings (SSSR count). The minimum atomic E-state index is -0.522. The van der Waals surface area contributed by atoms with Crippen molar-refractivity contribution in [3.8, 4) is 0 Å². The predicted molar refractivity (Wildman–Crippen MR) is 90.5 cm³/mol. The molecule has 1 aromatic carbocycles. The van der Waals surface area contributed by atoms with Crippen LogP contribution in [0.15, 0.2) is 29.8 Å². The van der Waals surface area contributed by atoms with Crippen molar-refractivity contribution in [2.24, 2.45) is 0 Å². The molecular weight excluding hydrogens is 298 g/mol. The molecule has 2 N–H and O–H groups in total. The van der Waals surface area contributed by atoms with Crippen molar-refractivity contribution in [3.05, 3.63) is 40.3 Å². The van der Waals surface area contributed by atoms with Gasteiger partial charge in [0, 0.05) is 4.88 Å². The van der Waals surface area contributed by atoms with Gasteiger partial charge in [-0.15, -0.1) is 11.3 Å². The Labute approximate surface area is 134 Å². The normalized spacial score (nSPS) is 11.1. The van der Waals surface area contributed by atoms with Gasteiger partial charge in [0.1, 0.15) is 5.60 Å². The molecule has 2 aromatic rings. The number of carbonyl (C=O) groups excluding carboxylic acids is 1. The molecule has 5 nitrogen and oxygen atoms in total. The summed E-state index contributed by atoms with van der Waals surface area (Å²) in [6.45, 7) is 8.16. The van der Waals surface area contributed by atoms with Crippen molar-refractivity contribution < 1.29 is 9.53 Å². The highest BCUT2D eigenvalue weighted by molar-refractivity contribution is 7.09. The molecule has 0 bridgehead atoms. The maximum Gasteiger partial charge on any atom is 0.412 e. The highest BCUT2D eigenvalue weighted by Crippen LogP contribution is 2.23. The Morgan fingerprint density at radius 2 is 1.95 bits per heavy atom.